The van der Waals surface area contributed by atoms with Crippen molar-refractivity contribution in [3.8, 4) is 5.75 Å². The van der Waals surface area contributed by atoms with Crippen LogP contribution in [0.4, 0.5) is 0 Å². The van der Waals surface area contributed by atoms with E-state index in [9.17, 15) is 0 Å². The molecule has 0 aliphatic rings. The quantitative estimate of drug-likeness (QED) is 0.790. The maximum absolute atomic E-state index is 5.34. The molecule has 0 bridgehead atoms. The average molecular weight is 238 g/mol. The molecule has 0 radical (unpaired) electrons. The Labute approximate surface area is 103 Å². The second kappa shape index (κ2) is 7.25. The Morgan fingerprint density at radius 2 is 2.18 bits per heavy atom. The number of hydrogen-bond acceptors (Lipinski definition) is 4. The lowest BCUT2D eigenvalue weighted by molar-refractivity contribution is 0.0997. The first kappa shape index (κ1) is 13.9. The highest BCUT2D eigenvalue weighted by Gasteiger charge is 2.19. The smallest absolute Gasteiger partial charge is 0.141 e. The molecule has 0 saturated carbocycles. The van der Waals surface area contributed by atoms with Gasteiger partial charge in [0.1, 0.15) is 5.75 Å². The Kier molecular flexibility index (Phi) is 5.94. The van der Waals surface area contributed by atoms with E-state index in [1.807, 2.05) is 12.1 Å². The summed E-state index contributed by atoms with van der Waals surface area (Å²) in [7, 11) is 3.40. The van der Waals surface area contributed by atoms with E-state index < -0.39 is 0 Å². The fourth-order valence-electron chi connectivity index (χ4n) is 1.80. The number of aromatic nitrogens is 1. The van der Waals surface area contributed by atoms with Gasteiger partial charge in [0.2, 0.25) is 0 Å². The highest BCUT2D eigenvalue weighted by Crippen LogP contribution is 2.26. The van der Waals surface area contributed by atoms with E-state index in [1.165, 1.54) is 0 Å². The van der Waals surface area contributed by atoms with Crippen LogP contribution in [0.2, 0.25) is 0 Å². The Hall–Kier alpha value is -1.13. The van der Waals surface area contributed by atoms with Crippen LogP contribution in [0.15, 0.2) is 18.3 Å². The maximum atomic E-state index is 5.34. The molecule has 2 unspecified atom stereocenters. The Morgan fingerprint density at radius 3 is 2.76 bits per heavy atom. The second-order valence-electron chi connectivity index (χ2n) is 3.98. The molecule has 1 heterocycles. The van der Waals surface area contributed by atoms with Crippen molar-refractivity contribution in [3.63, 3.8) is 0 Å². The van der Waals surface area contributed by atoms with Crippen molar-refractivity contribution in [2.24, 2.45) is 0 Å². The summed E-state index contributed by atoms with van der Waals surface area (Å²) in [6.45, 7) is 5.03. The standard InChI is InChI=1S/C13H22N2O2/c1-5-14-11(9-10(2)16-3)13-12(17-4)7-6-8-15-13/h6-8,10-11,14H,5,9H2,1-4H3. The van der Waals surface area contributed by atoms with Crippen LogP contribution in [-0.2, 0) is 4.74 Å². The zero-order valence-corrected chi connectivity index (χ0v) is 11.1. The number of hydrogen-bond donors (Lipinski definition) is 1. The summed E-state index contributed by atoms with van der Waals surface area (Å²) in [6, 6.07) is 3.97. The molecule has 0 aliphatic carbocycles. The van der Waals surface area contributed by atoms with E-state index in [-0.39, 0.29) is 12.1 Å². The third kappa shape index (κ3) is 3.98. The largest absolute Gasteiger partial charge is 0.495 e. The van der Waals surface area contributed by atoms with Crippen LogP contribution in [0.5, 0.6) is 5.75 Å². The van der Waals surface area contributed by atoms with Gasteiger partial charge >= 0.3 is 0 Å². The molecule has 4 nitrogen and oxygen atoms in total. The van der Waals surface area contributed by atoms with Crippen molar-refractivity contribution in [2.45, 2.75) is 32.4 Å². The number of methoxy groups -OCH3 is 2. The molecule has 1 rings (SSSR count). The van der Waals surface area contributed by atoms with Gasteiger partial charge in [-0.05, 0) is 32.0 Å². The highest BCUT2D eigenvalue weighted by molar-refractivity contribution is 5.29. The molecule has 17 heavy (non-hydrogen) atoms. The fraction of sp³-hybridized carbons (Fsp3) is 0.615. The molecule has 0 spiro atoms. The van der Waals surface area contributed by atoms with Gasteiger partial charge in [0.05, 0.1) is 24.9 Å². The van der Waals surface area contributed by atoms with E-state index in [0.29, 0.717) is 0 Å². The van der Waals surface area contributed by atoms with Crippen molar-refractivity contribution < 1.29 is 9.47 Å². The van der Waals surface area contributed by atoms with E-state index in [1.54, 1.807) is 20.4 Å². The van der Waals surface area contributed by atoms with E-state index in [0.717, 1.165) is 24.4 Å². The van der Waals surface area contributed by atoms with Gasteiger partial charge in [0.15, 0.2) is 0 Å². The third-order valence-electron chi connectivity index (χ3n) is 2.77. The van der Waals surface area contributed by atoms with Gasteiger partial charge in [-0.25, -0.2) is 0 Å². The molecular formula is C13H22N2O2. The summed E-state index contributed by atoms with van der Waals surface area (Å²) in [5.41, 5.74) is 0.945. The van der Waals surface area contributed by atoms with Gasteiger partial charge in [-0.2, -0.15) is 0 Å². The summed E-state index contributed by atoms with van der Waals surface area (Å²) in [5, 5.41) is 3.42. The van der Waals surface area contributed by atoms with Gasteiger partial charge < -0.3 is 14.8 Å². The number of nitrogens with one attached hydrogen (secondary N) is 1. The summed E-state index contributed by atoms with van der Waals surface area (Å²) < 4.78 is 10.7. The maximum Gasteiger partial charge on any atom is 0.141 e. The normalized spacial score (nSPS) is 14.4. The molecule has 1 aromatic rings. The van der Waals surface area contributed by atoms with Crippen LogP contribution in [-0.4, -0.2) is 31.9 Å². The predicted octanol–water partition coefficient (Wildman–Crippen LogP) is 2.17. The molecule has 0 saturated heterocycles. The van der Waals surface area contributed by atoms with E-state index in [2.05, 4.69) is 24.1 Å². The van der Waals surface area contributed by atoms with Crippen molar-refractivity contribution in [2.75, 3.05) is 20.8 Å². The minimum atomic E-state index is 0.158. The summed E-state index contributed by atoms with van der Waals surface area (Å²) >= 11 is 0. The Morgan fingerprint density at radius 1 is 1.41 bits per heavy atom. The number of pyridine rings is 1. The lowest BCUT2D eigenvalue weighted by Gasteiger charge is -2.22. The first-order valence-electron chi connectivity index (χ1n) is 5.98. The molecule has 1 aromatic heterocycles. The Bertz CT molecular complexity index is 331. The first-order valence-corrected chi connectivity index (χ1v) is 5.98. The topological polar surface area (TPSA) is 43.4 Å². The van der Waals surface area contributed by atoms with Gasteiger partial charge in [-0.15, -0.1) is 0 Å². The van der Waals surface area contributed by atoms with Crippen LogP contribution in [0.3, 0.4) is 0 Å². The zero-order valence-electron chi connectivity index (χ0n) is 11.1. The molecular weight excluding hydrogens is 216 g/mol. The molecule has 0 amide bonds. The highest BCUT2D eigenvalue weighted by atomic mass is 16.5. The van der Waals surface area contributed by atoms with Crippen molar-refractivity contribution in [1.29, 1.82) is 0 Å². The van der Waals surface area contributed by atoms with E-state index in [4.69, 9.17) is 9.47 Å². The minimum absolute atomic E-state index is 0.158. The van der Waals surface area contributed by atoms with Gasteiger partial charge in [0.25, 0.3) is 0 Å². The third-order valence-corrected chi connectivity index (χ3v) is 2.77. The number of rotatable bonds is 7. The monoisotopic (exact) mass is 238 g/mol. The molecule has 4 heteroatoms. The average Bonchev–Trinajstić information content (AvgIpc) is 2.38. The van der Waals surface area contributed by atoms with Gasteiger partial charge in [-0.1, -0.05) is 6.92 Å². The van der Waals surface area contributed by atoms with Crippen LogP contribution >= 0.6 is 0 Å². The number of ether oxygens (including phenoxy) is 2. The van der Waals surface area contributed by atoms with Crippen molar-refractivity contribution in [1.82, 2.24) is 10.3 Å². The Balaban J connectivity index is 2.88. The SMILES string of the molecule is CCNC(CC(C)OC)c1ncccc1OC. The zero-order chi connectivity index (χ0) is 12.7. The lowest BCUT2D eigenvalue weighted by atomic mass is 10.1. The lowest BCUT2D eigenvalue weighted by Crippen LogP contribution is -2.26. The molecule has 1 N–H and O–H groups in total. The first-order chi connectivity index (χ1) is 8.22. The summed E-state index contributed by atoms with van der Waals surface area (Å²) in [6.07, 6.45) is 2.85. The summed E-state index contributed by atoms with van der Waals surface area (Å²) in [5.74, 6) is 0.821. The molecule has 0 fully saturated rings. The van der Waals surface area contributed by atoms with Crippen LogP contribution in [0.25, 0.3) is 0 Å². The van der Waals surface area contributed by atoms with Gasteiger partial charge in [-0.3, -0.25) is 4.98 Å². The van der Waals surface area contributed by atoms with Crippen molar-refractivity contribution >= 4 is 0 Å². The van der Waals surface area contributed by atoms with Crippen molar-refractivity contribution in [3.05, 3.63) is 24.0 Å². The van der Waals surface area contributed by atoms with Gasteiger partial charge in [0, 0.05) is 13.3 Å². The second-order valence-corrected chi connectivity index (χ2v) is 3.98. The van der Waals surface area contributed by atoms with Crippen LogP contribution in [0, 0.1) is 0 Å². The molecule has 0 aliphatic heterocycles. The summed E-state index contributed by atoms with van der Waals surface area (Å²) in [4.78, 5) is 4.41. The van der Waals surface area contributed by atoms with Crippen LogP contribution < -0.4 is 10.1 Å². The van der Waals surface area contributed by atoms with E-state index >= 15 is 0 Å². The minimum Gasteiger partial charge on any atom is -0.495 e. The van der Waals surface area contributed by atoms with Crippen LogP contribution in [0.1, 0.15) is 32.0 Å². The fourth-order valence-corrected chi connectivity index (χ4v) is 1.80. The predicted molar refractivity (Wildman–Crippen MR) is 68.3 cm³/mol. The molecule has 0 aromatic carbocycles. The molecule has 96 valence electrons. The molecule has 2 atom stereocenters. The number of nitrogens with zero attached hydrogens (tertiary/aromatic N) is 1.